The highest BCUT2D eigenvalue weighted by atomic mass is 127. The summed E-state index contributed by atoms with van der Waals surface area (Å²) in [5.41, 5.74) is 0. The first-order valence-corrected chi connectivity index (χ1v) is 2.65. The molecule has 0 amide bonds. The lowest BCUT2D eigenvalue weighted by atomic mass is 10.7. The van der Waals surface area contributed by atoms with Crippen molar-refractivity contribution in [2.24, 2.45) is 14.3 Å². The predicted molar refractivity (Wildman–Crippen MR) is 34.0 cm³/mol. The monoisotopic (exact) mass is 229 g/mol. The van der Waals surface area contributed by atoms with Gasteiger partial charge in [0.1, 0.15) is 22.9 Å². The van der Waals surface area contributed by atoms with E-state index in [9.17, 15) is 4.79 Å². The van der Waals surface area contributed by atoms with Crippen LogP contribution in [-0.2, 0) is 9.63 Å². The molecule has 0 aliphatic carbocycles. The molecule has 0 rings (SSSR count). The van der Waals surface area contributed by atoms with Gasteiger partial charge >= 0.3 is 5.97 Å². The van der Waals surface area contributed by atoms with Crippen LogP contribution in [0.2, 0.25) is 0 Å². The van der Waals surface area contributed by atoms with Gasteiger partial charge in [0.15, 0.2) is 6.54 Å². The average Bonchev–Trinajstić information content (AvgIpc) is 1.83. The third-order valence-corrected chi connectivity index (χ3v) is 0.690. The molecular weight excluding hydrogens is 225 g/mol. The standard InChI is InChI=1S/C2H4IN3O2/c3-6-5-1-2(7)8-4/h1,4H2. The maximum atomic E-state index is 10.1. The van der Waals surface area contributed by atoms with Crippen LogP contribution in [0.1, 0.15) is 0 Å². The first-order chi connectivity index (χ1) is 3.81. The molecule has 6 heteroatoms. The molecule has 0 aliphatic rings. The van der Waals surface area contributed by atoms with Crippen LogP contribution in [0.5, 0.6) is 0 Å². The maximum absolute atomic E-state index is 10.1. The van der Waals surface area contributed by atoms with E-state index in [0.29, 0.717) is 0 Å². The van der Waals surface area contributed by atoms with Gasteiger partial charge in [-0.15, -0.1) is 3.33 Å². The van der Waals surface area contributed by atoms with Crippen molar-refractivity contribution < 1.29 is 9.63 Å². The summed E-state index contributed by atoms with van der Waals surface area (Å²) < 4.78 is 3.26. The Balaban J connectivity index is 3.25. The number of nitrogens with two attached hydrogens (primary N) is 1. The second-order valence-electron chi connectivity index (χ2n) is 0.865. The van der Waals surface area contributed by atoms with Crippen LogP contribution in [0, 0.1) is 0 Å². The van der Waals surface area contributed by atoms with Gasteiger partial charge in [-0.2, -0.15) is 11.0 Å². The molecule has 0 spiro atoms. The molecule has 0 unspecified atom stereocenters. The third kappa shape index (κ3) is 3.93. The van der Waals surface area contributed by atoms with Crippen LogP contribution in [0.25, 0.3) is 0 Å². The molecular formula is C2H4IN3O2. The van der Waals surface area contributed by atoms with Gasteiger partial charge in [-0.05, 0) is 0 Å². The molecule has 5 nitrogen and oxygen atoms in total. The van der Waals surface area contributed by atoms with Crippen molar-refractivity contribution in [2.75, 3.05) is 6.54 Å². The minimum Gasteiger partial charge on any atom is -0.372 e. The van der Waals surface area contributed by atoms with E-state index in [1.165, 1.54) is 0 Å². The van der Waals surface area contributed by atoms with Crippen molar-refractivity contribution in [1.29, 1.82) is 0 Å². The zero-order valence-electron chi connectivity index (χ0n) is 3.87. The summed E-state index contributed by atoms with van der Waals surface area (Å²) in [5.74, 6) is 3.87. The van der Waals surface area contributed by atoms with E-state index in [1.807, 2.05) is 0 Å². The predicted octanol–water partition coefficient (Wildman–Crippen LogP) is 0.206. The molecule has 0 aliphatic heterocycles. The molecule has 0 radical (unpaired) electrons. The van der Waals surface area contributed by atoms with E-state index >= 15 is 0 Å². The highest BCUT2D eigenvalue weighted by Gasteiger charge is 1.94. The Labute approximate surface area is 59.7 Å². The Kier molecular flexibility index (Phi) is 4.76. The molecule has 0 saturated carbocycles. The van der Waals surface area contributed by atoms with E-state index in [2.05, 4.69) is 19.2 Å². The van der Waals surface area contributed by atoms with Crippen LogP contribution in [0.3, 0.4) is 0 Å². The van der Waals surface area contributed by atoms with Crippen LogP contribution in [0.4, 0.5) is 0 Å². The van der Waals surface area contributed by atoms with Crippen LogP contribution < -0.4 is 5.90 Å². The van der Waals surface area contributed by atoms with Crippen molar-refractivity contribution in [2.45, 2.75) is 0 Å². The molecule has 0 atom stereocenters. The lowest BCUT2D eigenvalue weighted by Gasteiger charge is -1.86. The first kappa shape index (κ1) is 7.76. The molecule has 8 heavy (non-hydrogen) atoms. The summed E-state index contributed by atoms with van der Waals surface area (Å²) in [6, 6.07) is 0. The van der Waals surface area contributed by atoms with Crippen molar-refractivity contribution in [1.82, 2.24) is 0 Å². The summed E-state index contributed by atoms with van der Waals surface area (Å²) in [4.78, 5) is 13.8. The summed E-state index contributed by atoms with van der Waals surface area (Å²) in [6.45, 7) is -0.112. The van der Waals surface area contributed by atoms with E-state index in [0.717, 1.165) is 0 Å². The number of carbonyl (C=O) groups excluding carboxylic acids is 1. The fourth-order valence-corrected chi connectivity index (χ4v) is 0.274. The molecule has 0 bridgehead atoms. The number of rotatable bonds is 2. The molecule has 0 aromatic rings. The maximum Gasteiger partial charge on any atom is 0.348 e. The Hall–Kier alpha value is -0.240. The normalized spacial score (nSPS) is 9.75. The number of nitrogens with zero attached hydrogens (tertiary/aromatic N) is 2. The molecule has 0 heterocycles. The number of hydrogen-bond donors (Lipinski definition) is 1. The summed E-state index contributed by atoms with van der Waals surface area (Å²) >= 11 is 1.65. The molecule has 46 valence electrons. The smallest absolute Gasteiger partial charge is 0.348 e. The van der Waals surface area contributed by atoms with Gasteiger partial charge in [0.2, 0.25) is 0 Å². The Bertz CT molecular complexity index is 103. The molecule has 0 aromatic carbocycles. The fraction of sp³-hybridized carbons (Fsp3) is 0.500. The van der Waals surface area contributed by atoms with Gasteiger partial charge in [-0.3, -0.25) is 0 Å². The van der Waals surface area contributed by atoms with E-state index in [4.69, 9.17) is 0 Å². The zero-order valence-corrected chi connectivity index (χ0v) is 6.03. The summed E-state index contributed by atoms with van der Waals surface area (Å²) in [6.07, 6.45) is 0. The second kappa shape index (κ2) is 4.91. The van der Waals surface area contributed by atoms with E-state index in [1.54, 1.807) is 22.9 Å². The zero-order chi connectivity index (χ0) is 6.41. The van der Waals surface area contributed by atoms with Crippen LogP contribution >= 0.6 is 22.9 Å². The number of hydrogen-bond acceptors (Lipinski definition) is 5. The fourth-order valence-electron chi connectivity index (χ4n) is 0.122. The first-order valence-electron chi connectivity index (χ1n) is 1.68. The van der Waals surface area contributed by atoms with Gasteiger partial charge < -0.3 is 4.84 Å². The molecule has 0 aromatic heterocycles. The molecule has 2 N–H and O–H groups in total. The Morgan fingerprint density at radius 2 is 2.50 bits per heavy atom. The average molecular weight is 229 g/mol. The highest BCUT2D eigenvalue weighted by Crippen LogP contribution is 1.84. The summed E-state index contributed by atoms with van der Waals surface area (Å²) in [7, 11) is 0. The number of halogens is 1. The molecule has 0 fully saturated rings. The van der Waals surface area contributed by atoms with Crippen LogP contribution in [0.15, 0.2) is 8.44 Å². The Morgan fingerprint density at radius 3 is 2.88 bits per heavy atom. The lowest BCUT2D eigenvalue weighted by Crippen LogP contribution is -2.12. The quantitative estimate of drug-likeness (QED) is 0.417. The highest BCUT2D eigenvalue weighted by molar-refractivity contribution is 14.1. The third-order valence-electron chi connectivity index (χ3n) is 0.385. The Morgan fingerprint density at radius 1 is 1.88 bits per heavy atom. The lowest BCUT2D eigenvalue weighted by molar-refractivity contribution is -0.142. The van der Waals surface area contributed by atoms with Gasteiger partial charge in [0.05, 0.1) is 0 Å². The SMILES string of the molecule is NOC(=O)CN=NI. The van der Waals surface area contributed by atoms with Crippen molar-refractivity contribution in [3.05, 3.63) is 0 Å². The van der Waals surface area contributed by atoms with Gasteiger partial charge in [-0.25, -0.2) is 4.79 Å². The van der Waals surface area contributed by atoms with Gasteiger partial charge in [-0.1, -0.05) is 0 Å². The van der Waals surface area contributed by atoms with Crippen molar-refractivity contribution >= 4 is 28.8 Å². The van der Waals surface area contributed by atoms with E-state index < -0.39 is 5.97 Å². The van der Waals surface area contributed by atoms with Gasteiger partial charge in [0, 0.05) is 0 Å². The van der Waals surface area contributed by atoms with Crippen molar-refractivity contribution in [3.63, 3.8) is 0 Å². The van der Waals surface area contributed by atoms with E-state index in [-0.39, 0.29) is 6.54 Å². The van der Waals surface area contributed by atoms with Crippen LogP contribution in [-0.4, -0.2) is 12.5 Å². The number of carbonyl (C=O) groups is 1. The summed E-state index contributed by atoms with van der Waals surface area (Å²) in [5, 5.41) is 3.30. The minimum atomic E-state index is -0.592. The van der Waals surface area contributed by atoms with Crippen molar-refractivity contribution in [3.8, 4) is 0 Å². The molecule has 0 saturated heterocycles. The minimum absolute atomic E-state index is 0.112. The topological polar surface area (TPSA) is 77.0 Å². The largest absolute Gasteiger partial charge is 0.372 e. The second-order valence-corrected chi connectivity index (χ2v) is 1.30. The van der Waals surface area contributed by atoms with Gasteiger partial charge in [0.25, 0.3) is 0 Å².